The Balaban J connectivity index is 2.31. The van der Waals surface area contributed by atoms with Crippen LogP contribution in [0.3, 0.4) is 0 Å². The smallest absolute Gasteiger partial charge is 0.225 e. The zero-order valence-corrected chi connectivity index (χ0v) is 10.4. The van der Waals surface area contributed by atoms with Gasteiger partial charge in [-0.25, -0.2) is 9.37 Å². The lowest BCUT2D eigenvalue weighted by molar-refractivity contribution is 0.194. The highest BCUT2D eigenvalue weighted by Gasteiger charge is 2.11. The zero-order chi connectivity index (χ0) is 13.1. The third-order valence-electron chi connectivity index (χ3n) is 2.36. The van der Waals surface area contributed by atoms with Crippen molar-refractivity contribution in [3.05, 3.63) is 52.9 Å². The van der Waals surface area contributed by atoms with Crippen LogP contribution in [0.25, 0.3) is 0 Å². The lowest BCUT2D eigenvalue weighted by Crippen LogP contribution is -1.98. The fraction of sp³-hybridized carbons (Fsp3) is 0.154. The molecule has 1 aromatic carbocycles. The minimum atomic E-state index is -0.717. The molecular formula is C13H11ClFNO2. The number of aromatic nitrogens is 1. The van der Waals surface area contributed by atoms with E-state index in [1.54, 1.807) is 19.1 Å². The van der Waals surface area contributed by atoms with Crippen LogP contribution in [0.1, 0.15) is 18.6 Å². The average molecular weight is 268 g/mol. The molecule has 0 radical (unpaired) electrons. The van der Waals surface area contributed by atoms with Crippen LogP contribution in [0.5, 0.6) is 11.6 Å². The van der Waals surface area contributed by atoms with E-state index in [-0.39, 0.29) is 16.7 Å². The Morgan fingerprint density at radius 3 is 2.83 bits per heavy atom. The van der Waals surface area contributed by atoms with Crippen molar-refractivity contribution in [3.8, 4) is 11.6 Å². The number of nitrogens with zero attached hydrogens (tertiary/aromatic N) is 1. The molecule has 0 aliphatic carbocycles. The molecule has 1 aromatic heterocycles. The van der Waals surface area contributed by atoms with Crippen molar-refractivity contribution in [2.45, 2.75) is 13.0 Å². The zero-order valence-electron chi connectivity index (χ0n) is 9.60. The molecule has 0 bridgehead atoms. The summed E-state index contributed by atoms with van der Waals surface area (Å²) in [7, 11) is 0. The first-order valence-corrected chi connectivity index (χ1v) is 5.71. The van der Waals surface area contributed by atoms with E-state index in [0.29, 0.717) is 5.56 Å². The maximum atomic E-state index is 13.3. The Hall–Kier alpha value is -1.65. The van der Waals surface area contributed by atoms with E-state index in [1.165, 1.54) is 24.4 Å². The third kappa shape index (κ3) is 2.78. The van der Waals surface area contributed by atoms with E-state index in [4.69, 9.17) is 16.3 Å². The van der Waals surface area contributed by atoms with Crippen molar-refractivity contribution in [1.82, 2.24) is 4.98 Å². The van der Waals surface area contributed by atoms with Gasteiger partial charge in [0.05, 0.1) is 11.1 Å². The van der Waals surface area contributed by atoms with Crippen molar-refractivity contribution < 1.29 is 14.2 Å². The van der Waals surface area contributed by atoms with Crippen molar-refractivity contribution in [3.63, 3.8) is 0 Å². The molecule has 0 saturated heterocycles. The van der Waals surface area contributed by atoms with E-state index in [1.807, 2.05) is 0 Å². The van der Waals surface area contributed by atoms with Crippen LogP contribution in [-0.2, 0) is 0 Å². The first-order chi connectivity index (χ1) is 8.58. The molecule has 0 aliphatic heterocycles. The van der Waals surface area contributed by atoms with Gasteiger partial charge in [0.1, 0.15) is 11.6 Å². The van der Waals surface area contributed by atoms with Crippen LogP contribution in [-0.4, -0.2) is 10.1 Å². The lowest BCUT2D eigenvalue weighted by atomic mass is 10.2. The van der Waals surface area contributed by atoms with Crippen LogP contribution in [0, 0.1) is 5.82 Å². The second-order valence-electron chi connectivity index (χ2n) is 3.75. The molecule has 94 valence electrons. The Labute approximate surface area is 109 Å². The van der Waals surface area contributed by atoms with E-state index < -0.39 is 11.9 Å². The number of rotatable bonds is 3. The summed E-state index contributed by atoms with van der Waals surface area (Å²) in [4.78, 5) is 4.01. The van der Waals surface area contributed by atoms with Gasteiger partial charge in [-0.1, -0.05) is 11.6 Å². The first-order valence-electron chi connectivity index (χ1n) is 5.34. The standard InChI is InChI=1S/C13H11ClFNO2/c1-8(17)10-3-2-6-16-13(10)18-9-4-5-11(14)12(15)7-9/h2-8,17H,1H3/t8-/m1/s1. The third-order valence-corrected chi connectivity index (χ3v) is 2.66. The second-order valence-corrected chi connectivity index (χ2v) is 4.16. The fourth-order valence-electron chi connectivity index (χ4n) is 1.46. The van der Waals surface area contributed by atoms with Crippen molar-refractivity contribution in [1.29, 1.82) is 0 Å². The number of hydrogen-bond donors (Lipinski definition) is 1. The van der Waals surface area contributed by atoms with Gasteiger partial charge in [0.15, 0.2) is 0 Å². The molecular weight excluding hydrogens is 257 g/mol. The SMILES string of the molecule is C[C@@H](O)c1cccnc1Oc1ccc(Cl)c(F)c1. The number of benzene rings is 1. The summed E-state index contributed by atoms with van der Waals surface area (Å²) in [6.45, 7) is 1.60. The number of halogens is 2. The number of pyridine rings is 1. The van der Waals surface area contributed by atoms with Gasteiger partial charge in [-0.3, -0.25) is 0 Å². The van der Waals surface area contributed by atoms with Crippen LogP contribution >= 0.6 is 11.6 Å². The Morgan fingerprint density at radius 1 is 1.39 bits per heavy atom. The van der Waals surface area contributed by atoms with E-state index >= 15 is 0 Å². The Morgan fingerprint density at radius 2 is 2.17 bits per heavy atom. The highest BCUT2D eigenvalue weighted by atomic mass is 35.5. The monoisotopic (exact) mass is 267 g/mol. The van der Waals surface area contributed by atoms with Crippen molar-refractivity contribution in [2.75, 3.05) is 0 Å². The molecule has 3 nitrogen and oxygen atoms in total. The normalized spacial score (nSPS) is 12.2. The van der Waals surface area contributed by atoms with Gasteiger partial charge in [0.25, 0.3) is 0 Å². The lowest BCUT2D eigenvalue weighted by Gasteiger charge is -2.11. The quantitative estimate of drug-likeness (QED) is 0.922. The summed E-state index contributed by atoms with van der Waals surface area (Å²) < 4.78 is 18.7. The molecule has 1 atom stereocenters. The highest BCUT2D eigenvalue weighted by Crippen LogP contribution is 2.28. The van der Waals surface area contributed by atoms with Gasteiger partial charge in [0.2, 0.25) is 5.88 Å². The van der Waals surface area contributed by atoms with E-state index in [0.717, 1.165) is 0 Å². The second kappa shape index (κ2) is 5.33. The largest absolute Gasteiger partial charge is 0.439 e. The molecule has 0 aliphatic rings. The van der Waals surface area contributed by atoms with E-state index in [9.17, 15) is 9.50 Å². The average Bonchev–Trinajstić information content (AvgIpc) is 2.34. The predicted molar refractivity (Wildman–Crippen MR) is 66.4 cm³/mol. The topological polar surface area (TPSA) is 42.4 Å². The maximum Gasteiger partial charge on any atom is 0.225 e. The highest BCUT2D eigenvalue weighted by molar-refractivity contribution is 6.30. The van der Waals surface area contributed by atoms with Crippen LogP contribution in [0.15, 0.2) is 36.5 Å². The van der Waals surface area contributed by atoms with Gasteiger partial charge >= 0.3 is 0 Å². The summed E-state index contributed by atoms with van der Waals surface area (Å²) in [5, 5.41) is 9.59. The van der Waals surface area contributed by atoms with E-state index in [2.05, 4.69) is 4.98 Å². The molecule has 0 spiro atoms. The van der Waals surface area contributed by atoms with Gasteiger partial charge in [-0.05, 0) is 31.2 Å². The van der Waals surface area contributed by atoms with Gasteiger partial charge in [-0.15, -0.1) is 0 Å². The van der Waals surface area contributed by atoms with Gasteiger partial charge < -0.3 is 9.84 Å². The summed E-state index contributed by atoms with van der Waals surface area (Å²) in [6, 6.07) is 7.49. The molecule has 0 amide bonds. The Bertz CT molecular complexity index is 560. The minimum absolute atomic E-state index is 0.0270. The van der Waals surface area contributed by atoms with Crippen LogP contribution < -0.4 is 4.74 Å². The molecule has 1 N–H and O–H groups in total. The molecule has 0 saturated carbocycles. The van der Waals surface area contributed by atoms with Gasteiger partial charge in [0, 0.05) is 17.8 Å². The van der Waals surface area contributed by atoms with Crippen LogP contribution in [0.2, 0.25) is 5.02 Å². The van der Waals surface area contributed by atoms with Crippen molar-refractivity contribution >= 4 is 11.6 Å². The van der Waals surface area contributed by atoms with Crippen LogP contribution in [0.4, 0.5) is 4.39 Å². The minimum Gasteiger partial charge on any atom is -0.439 e. The molecule has 0 unspecified atom stereocenters. The molecule has 5 heteroatoms. The first kappa shape index (κ1) is 12.8. The number of aliphatic hydroxyl groups excluding tert-OH is 1. The molecule has 2 rings (SSSR count). The predicted octanol–water partition coefficient (Wildman–Crippen LogP) is 3.72. The summed E-state index contributed by atoms with van der Waals surface area (Å²) in [6.07, 6.45) is 0.818. The summed E-state index contributed by atoms with van der Waals surface area (Å²) >= 11 is 5.58. The number of ether oxygens (including phenoxy) is 1. The van der Waals surface area contributed by atoms with Crippen molar-refractivity contribution in [2.24, 2.45) is 0 Å². The molecule has 2 aromatic rings. The fourth-order valence-corrected chi connectivity index (χ4v) is 1.58. The number of hydrogen-bond acceptors (Lipinski definition) is 3. The maximum absolute atomic E-state index is 13.3. The molecule has 18 heavy (non-hydrogen) atoms. The summed E-state index contributed by atoms with van der Waals surface area (Å²) in [5.74, 6) is -0.0459. The molecule has 1 heterocycles. The summed E-state index contributed by atoms with van der Waals surface area (Å²) in [5.41, 5.74) is 0.535. The molecule has 0 fully saturated rings. The Kier molecular flexibility index (Phi) is 3.79. The van der Waals surface area contributed by atoms with Gasteiger partial charge in [-0.2, -0.15) is 0 Å². The number of aliphatic hydroxyl groups is 1.